The number of amides is 1. The van der Waals surface area contributed by atoms with Crippen LogP contribution in [0, 0.1) is 0 Å². The molecule has 2 aromatic carbocycles. The lowest BCUT2D eigenvalue weighted by molar-refractivity contribution is -0.121. The number of carbonyl (C=O) groups is 1. The van der Waals surface area contributed by atoms with E-state index >= 15 is 0 Å². The van der Waals surface area contributed by atoms with Gasteiger partial charge in [0.2, 0.25) is 5.91 Å². The van der Waals surface area contributed by atoms with Crippen molar-refractivity contribution >= 4 is 5.91 Å². The minimum absolute atomic E-state index is 0.0945. The SMILES string of the molecule is COc1ccc(CC(=O)NCC2OCCc3cn(Cc4ccccc4)nc32)c(OC)c1. The number of methoxy groups -OCH3 is 2. The molecule has 0 saturated heterocycles. The maximum Gasteiger partial charge on any atom is 0.224 e. The van der Waals surface area contributed by atoms with Crippen LogP contribution in [0.5, 0.6) is 11.5 Å². The lowest BCUT2D eigenvalue weighted by Crippen LogP contribution is -2.32. The molecule has 1 aromatic heterocycles. The van der Waals surface area contributed by atoms with Crippen LogP contribution in [-0.4, -0.2) is 43.1 Å². The molecule has 0 bridgehead atoms. The lowest BCUT2D eigenvalue weighted by Gasteiger charge is -2.22. The standard InChI is InChI=1S/C24H27N3O4/c1-29-20-9-8-18(21(13-20)30-2)12-23(28)25-14-22-24-19(10-11-31-22)16-27(26-24)15-17-6-4-3-5-7-17/h3-9,13,16,22H,10-12,14-15H2,1-2H3,(H,25,28). The van der Waals surface area contributed by atoms with Crippen LogP contribution in [0.25, 0.3) is 0 Å². The second-order valence-corrected chi connectivity index (χ2v) is 7.49. The summed E-state index contributed by atoms with van der Waals surface area (Å²) in [4.78, 5) is 12.6. The van der Waals surface area contributed by atoms with E-state index in [0.29, 0.717) is 31.2 Å². The zero-order valence-corrected chi connectivity index (χ0v) is 17.8. The average molecular weight is 421 g/mol. The monoisotopic (exact) mass is 421 g/mol. The quantitative estimate of drug-likeness (QED) is 0.605. The third kappa shape index (κ3) is 5.06. The van der Waals surface area contributed by atoms with E-state index in [2.05, 4.69) is 23.6 Å². The van der Waals surface area contributed by atoms with E-state index in [1.165, 1.54) is 11.1 Å². The molecule has 1 atom stereocenters. The van der Waals surface area contributed by atoms with Crippen LogP contribution in [0.3, 0.4) is 0 Å². The molecule has 4 rings (SSSR count). The highest BCUT2D eigenvalue weighted by molar-refractivity contribution is 5.79. The van der Waals surface area contributed by atoms with Gasteiger partial charge >= 0.3 is 0 Å². The zero-order valence-electron chi connectivity index (χ0n) is 17.8. The van der Waals surface area contributed by atoms with Gasteiger partial charge in [-0.1, -0.05) is 36.4 Å². The van der Waals surface area contributed by atoms with Gasteiger partial charge in [0.15, 0.2) is 0 Å². The number of aromatic nitrogens is 2. The Labute approximate surface area is 181 Å². The largest absolute Gasteiger partial charge is 0.497 e. The van der Waals surface area contributed by atoms with Crippen LogP contribution in [0.15, 0.2) is 54.7 Å². The number of carbonyl (C=O) groups excluding carboxylic acids is 1. The van der Waals surface area contributed by atoms with Gasteiger partial charge in [0.1, 0.15) is 17.6 Å². The Morgan fingerprint density at radius 2 is 2.03 bits per heavy atom. The van der Waals surface area contributed by atoms with E-state index in [9.17, 15) is 4.79 Å². The van der Waals surface area contributed by atoms with Gasteiger partial charge in [0.05, 0.1) is 39.5 Å². The van der Waals surface area contributed by atoms with Crippen molar-refractivity contribution in [2.45, 2.75) is 25.5 Å². The minimum atomic E-state index is -0.248. The Morgan fingerprint density at radius 1 is 1.19 bits per heavy atom. The molecule has 0 aliphatic carbocycles. The highest BCUT2D eigenvalue weighted by Gasteiger charge is 2.25. The molecule has 7 heteroatoms. The molecule has 1 unspecified atom stereocenters. The third-order valence-corrected chi connectivity index (χ3v) is 5.38. The summed E-state index contributed by atoms with van der Waals surface area (Å²) in [5, 5.41) is 7.72. The first kappa shape index (κ1) is 20.9. The molecule has 1 aliphatic rings. The van der Waals surface area contributed by atoms with Crippen molar-refractivity contribution < 1.29 is 19.0 Å². The van der Waals surface area contributed by atoms with Crippen LogP contribution in [0.4, 0.5) is 0 Å². The average Bonchev–Trinajstić information content (AvgIpc) is 3.21. The number of rotatable bonds is 8. The molecular formula is C24H27N3O4. The normalized spacial score (nSPS) is 15.2. The van der Waals surface area contributed by atoms with Gasteiger partial charge in [0, 0.05) is 24.4 Å². The fourth-order valence-electron chi connectivity index (χ4n) is 3.78. The van der Waals surface area contributed by atoms with Crippen LogP contribution in [-0.2, 0) is 28.9 Å². The molecule has 1 N–H and O–H groups in total. The summed E-state index contributed by atoms with van der Waals surface area (Å²) < 4.78 is 18.5. The first-order valence-corrected chi connectivity index (χ1v) is 10.4. The predicted octanol–water partition coefficient (Wildman–Crippen LogP) is 2.92. The summed E-state index contributed by atoms with van der Waals surface area (Å²) in [6.45, 7) is 1.72. The number of fused-ring (bicyclic) bond motifs is 1. The predicted molar refractivity (Wildman–Crippen MR) is 116 cm³/mol. The maximum atomic E-state index is 12.6. The summed E-state index contributed by atoms with van der Waals surface area (Å²) in [7, 11) is 3.18. The van der Waals surface area contributed by atoms with Crippen molar-refractivity contribution in [3.05, 3.63) is 77.1 Å². The Hall–Kier alpha value is -3.32. The number of hydrogen-bond donors (Lipinski definition) is 1. The Bertz CT molecular complexity index is 1030. The molecule has 1 aliphatic heterocycles. The van der Waals surface area contributed by atoms with Gasteiger partial charge < -0.3 is 19.5 Å². The first-order chi connectivity index (χ1) is 15.2. The first-order valence-electron chi connectivity index (χ1n) is 10.4. The summed E-state index contributed by atoms with van der Waals surface area (Å²) in [6, 6.07) is 15.7. The summed E-state index contributed by atoms with van der Waals surface area (Å²) in [5.41, 5.74) is 4.09. The molecule has 31 heavy (non-hydrogen) atoms. The van der Waals surface area contributed by atoms with Crippen LogP contribution in [0.2, 0.25) is 0 Å². The summed E-state index contributed by atoms with van der Waals surface area (Å²) >= 11 is 0. The van der Waals surface area contributed by atoms with Crippen molar-refractivity contribution in [1.29, 1.82) is 0 Å². The van der Waals surface area contributed by atoms with Gasteiger partial charge in [-0.3, -0.25) is 9.48 Å². The molecule has 2 heterocycles. The van der Waals surface area contributed by atoms with Gasteiger partial charge in [-0.2, -0.15) is 5.10 Å². The van der Waals surface area contributed by atoms with Gasteiger partial charge in [-0.15, -0.1) is 0 Å². The van der Waals surface area contributed by atoms with Crippen LogP contribution >= 0.6 is 0 Å². The second-order valence-electron chi connectivity index (χ2n) is 7.49. The van der Waals surface area contributed by atoms with Gasteiger partial charge in [-0.05, 0) is 23.6 Å². The Balaban J connectivity index is 1.38. The molecule has 162 valence electrons. The van der Waals surface area contributed by atoms with Crippen molar-refractivity contribution in [2.75, 3.05) is 27.4 Å². The molecule has 0 spiro atoms. The highest BCUT2D eigenvalue weighted by atomic mass is 16.5. The van der Waals surface area contributed by atoms with E-state index < -0.39 is 0 Å². The van der Waals surface area contributed by atoms with E-state index in [4.69, 9.17) is 19.3 Å². The van der Waals surface area contributed by atoms with E-state index in [0.717, 1.165) is 17.7 Å². The van der Waals surface area contributed by atoms with E-state index in [1.54, 1.807) is 20.3 Å². The van der Waals surface area contributed by atoms with Crippen molar-refractivity contribution in [1.82, 2.24) is 15.1 Å². The van der Waals surface area contributed by atoms with E-state index in [-0.39, 0.29) is 18.4 Å². The zero-order chi connectivity index (χ0) is 21.6. The van der Waals surface area contributed by atoms with Gasteiger partial charge in [0.25, 0.3) is 0 Å². The van der Waals surface area contributed by atoms with Crippen molar-refractivity contribution in [2.24, 2.45) is 0 Å². The molecule has 3 aromatic rings. The fraction of sp³-hybridized carbons (Fsp3) is 0.333. The number of benzene rings is 2. The molecule has 0 fully saturated rings. The highest BCUT2D eigenvalue weighted by Crippen LogP contribution is 2.27. The van der Waals surface area contributed by atoms with Crippen molar-refractivity contribution in [3.8, 4) is 11.5 Å². The minimum Gasteiger partial charge on any atom is -0.497 e. The Morgan fingerprint density at radius 3 is 2.81 bits per heavy atom. The number of hydrogen-bond acceptors (Lipinski definition) is 5. The second kappa shape index (κ2) is 9.66. The smallest absolute Gasteiger partial charge is 0.224 e. The number of ether oxygens (including phenoxy) is 3. The maximum absolute atomic E-state index is 12.6. The van der Waals surface area contributed by atoms with Crippen molar-refractivity contribution in [3.63, 3.8) is 0 Å². The van der Waals surface area contributed by atoms with Crippen LogP contribution < -0.4 is 14.8 Å². The molecular weight excluding hydrogens is 394 g/mol. The molecule has 0 saturated carbocycles. The topological polar surface area (TPSA) is 74.6 Å². The molecule has 7 nitrogen and oxygen atoms in total. The van der Waals surface area contributed by atoms with E-state index in [1.807, 2.05) is 35.0 Å². The fourth-order valence-corrected chi connectivity index (χ4v) is 3.78. The molecule has 0 radical (unpaired) electrons. The molecule has 1 amide bonds. The lowest BCUT2D eigenvalue weighted by atomic mass is 10.1. The third-order valence-electron chi connectivity index (χ3n) is 5.38. The number of nitrogens with one attached hydrogen (secondary N) is 1. The summed E-state index contributed by atoms with van der Waals surface area (Å²) in [6.07, 6.45) is 2.89. The summed E-state index contributed by atoms with van der Waals surface area (Å²) in [5.74, 6) is 1.23. The Kier molecular flexibility index (Phi) is 6.52. The van der Waals surface area contributed by atoms with Gasteiger partial charge in [-0.25, -0.2) is 0 Å². The van der Waals surface area contributed by atoms with Crippen LogP contribution in [0.1, 0.15) is 28.5 Å². The number of nitrogens with zero attached hydrogens (tertiary/aromatic N) is 2.